The zero-order valence-electron chi connectivity index (χ0n) is 31.5. The highest BCUT2D eigenvalue weighted by Crippen LogP contribution is 2.46. The number of aryl methyl sites for hydroxylation is 2. The van der Waals surface area contributed by atoms with Crippen LogP contribution in [0.25, 0.3) is 66.8 Å². The van der Waals surface area contributed by atoms with Gasteiger partial charge in [0.25, 0.3) is 0 Å². The van der Waals surface area contributed by atoms with Crippen molar-refractivity contribution in [2.45, 2.75) is 71.6 Å². The second-order valence-electron chi connectivity index (χ2n) is 15.0. The maximum atomic E-state index is 5.68. The number of fused-ring (bicyclic) bond motifs is 4. The minimum absolute atomic E-state index is 0.876. The fraction of sp³-hybridized carbons (Fsp3) is 0.319. The monoisotopic (exact) mass is 728 g/mol. The van der Waals surface area contributed by atoms with Crippen molar-refractivity contribution in [3.8, 4) is 44.8 Å². The number of anilines is 2. The van der Waals surface area contributed by atoms with Crippen molar-refractivity contribution < 1.29 is 0 Å². The lowest BCUT2D eigenvalue weighted by Crippen LogP contribution is -2.30. The first kappa shape index (κ1) is 34.6. The predicted molar refractivity (Wildman–Crippen MR) is 228 cm³/mol. The van der Waals surface area contributed by atoms with Gasteiger partial charge in [-0.15, -0.1) is 0 Å². The van der Waals surface area contributed by atoms with E-state index >= 15 is 0 Å². The smallest absolute Gasteiger partial charge is 0.115 e. The van der Waals surface area contributed by atoms with E-state index in [4.69, 9.17) is 18.7 Å². The van der Waals surface area contributed by atoms with Gasteiger partial charge in [-0.2, -0.15) is 8.75 Å². The number of aromatic nitrogens is 4. The Kier molecular flexibility index (Phi) is 9.81. The molecule has 0 bridgehead atoms. The Morgan fingerprint density at radius 3 is 1.48 bits per heavy atom. The van der Waals surface area contributed by atoms with E-state index in [1.807, 2.05) is 0 Å². The lowest BCUT2D eigenvalue weighted by molar-refractivity contribution is 0.638. The van der Waals surface area contributed by atoms with Gasteiger partial charge in [0, 0.05) is 59.8 Å². The molecule has 0 spiro atoms. The Morgan fingerprint density at radius 1 is 0.519 bits per heavy atom. The molecule has 6 nitrogen and oxygen atoms in total. The molecule has 2 aliphatic rings. The molecule has 2 aliphatic heterocycles. The third-order valence-corrected chi connectivity index (χ3v) is 11.9. The first-order valence-electron chi connectivity index (χ1n) is 20.1. The topological polar surface area (TPSA) is 58.0 Å². The van der Waals surface area contributed by atoms with Gasteiger partial charge in [0.15, 0.2) is 0 Å². The van der Waals surface area contributed by atoms with Crippen molar-refractivity contribution in [1.29, 1.82) is 0 Å². The lowest BCUT2D eigenvalue weighted by Gasteiger charge is -2.32. The number of rotatable bonds is 11. The van der Waals surface area contributed by atoms with Crippen LogP contribution in [0.3, 0.4) is 0 Å². The largest absolute Gasteiger partial charge is 0.371 e. The molecule has 0 radical (unpaired) electrons. The molecule has 0 unspecified atom stereocenters. The van der Waals surface area contributed by atoms with Crippen LogP contribution in [0.5, 0.6) is 0 Å². The second-order valence-corrected chi connectivity index (χ2v) is 15.5. The SMILES string of the molecule is CCCCCN1CCCc2cc(-c3c4nsnc4c(-c4ccc5c(c4)CCCN5CCCC)c4nc(-c5ccccc5)c(-c5ccccc5)nc34)ccc21. The zero-order chi connectivity index (χ0) is 36.4. The molecule has 0 N–H and O–H groups in total. The average molecular weight is 729 g/mol. The molecule has 0 saturated heterocycles. The minimum Gasteiger partial charge on any atom is -0.371 e. The molecule has 7 aromatic rings. The van der Waals surface area contributed by atoms with E-state index in [2.05, 4.69) is 121 Å². The molecule has 0 atom stereocenters. The molecular weight excluding hydrogens is 681 g/mol. The van der Waals surface area contributed by atoms with Crippen LogP contribution in [-0.4, -0.2) is 44.9 Å². The van der Waals surface area contributed by atoms with Crippen LogP contribution in [0.1, 0.15) is 69.9 Å². The fourth-order valence-corrected chi connectivity index (χ4v) is 9.25. The summed E-state index contributed by atoms with van der Waals surface area (Å²) in [7, 11) is 0. The Bertz CT molecular complexity index is 2420. The van der Waals surface area contributed by atoms with Gasteiger partial charge in [-0.1, -0.05) is 106 Å². The van der Waals surface area contributed by atoms with E-state index in [0.717, 1.165) is 106 Å². The molecule has 0 aliphatic carbocycles. The van der Waals surface area contributed by atoms with Gasteiger partial charge in [-0.05, 0) is 85.0 Å². The van der Waals surface area contributed by atoms with E-state index in [9.17, 15) is 0 Å². The summed E-state index contributed by atoms with van der Waals surface area (Å²) in [5.41, 5.74) is 17.3. The summed E-state index contributed by atoms with van der Waals surface area (Å²) in [6.07, 6.45) is 10.6. The third-order valence-electron chi connectivity index (χ3n) is 11.4. The van der Waals surface area contributed by atoms with Gasteiger partial charge < -0.3 is 9.80 Å². The molecule has 0 fully saturated rings. The van der Waals surface area contributed by atoms with Crippen LogP contribution >= 0.6 is 11.7 Å². The molecule has 2 aromatic heterocycles. The predicted octanol–water partition coefficient (Wildman–Crippen LogP) is 11.8. The average Bonchev–Trinajstić information content (AvgIpc) is 3.71. The van der Waals surface area contributed by atoms with Crippen molar-refractivity contribution in [3.63, 3.8) is 0 Å². The van der Waals surface area contributed by atoms with Crippen LogP contribution < -0.4 is 9.80 Å². The molecule has 9 rings (SSSR count). The first-order valence-corrected chi connectivity index (χ1v) is 20.8. The summed E-state index contributed by atoms with van der Waals surface area (Å²) >= 11 is 1.29. The van der Waals surface area contributed by atoms with E-state index in [1.165, 1.54) is 79.2 Å². The number of nitrogens with zero attached hydrogens (tertiary/aromatic N) is 6. The van der Waals surface area contributed by atoms with Crippen molar-refractivity contribution in [2.24, 2.45) is 0 Å². The van der Waals surface area contributed by atoms with E-state index < -0.39 is 0 Å². The molecule has 7 heteroatoms. The fourth-order valence-electron chi connectivity index (χ4n) is 8.69. The summed E-state index contributed by atoms with van der Waals surface area (Å²) in [5, 5.41) is 0. The third kappa shape index (κ3) is 6.42. The van der Waals surface area contributed by atoms with E-state index in [1.54, 1.807) is 0 Å². The van der Waals surface area contributed by atoms with Crippen molar-refractivity contribution in [2.75, 3.05) is 36.0 Å². The Labute approximate surface area is 323 Å². The number of hydrogen-bond acceptors (Lipinski definition) is 7. The summed E-state index contributed by atoms with van der Waals surface area (Å²) in [4.78, 5) is 16.5. The van der Waals surface area contributed by atoms with Crippen LogP contribution in [0, 0.1) is 0 Å². The molecule has 0 amide bonds. The van der Waals surface area contributed by atoms with Gasteiger partial charge in [0.05, 0.1) is 23.1 Å². The number of unbranched alkanes of at least 4 members (excludes halogenated alkanes) is 3. The maximum Gasteiger partial charge on any atom is 0.115 e. The van der Waals surface area contributed by atoms with Gasteiger partial charge >= 0.3 is 0 Å². The Hall–Kier alpha value is -5.14. The van der Waals surface area contributed by atoms with Gasteiger partial charge in [0.2, 0.25) is 0 Å². The van der Waals surface area contributed by atoms with Gasteiger partial charge in [-0.25, -0.2) is 9.97 Å². The normalized spacial score (nSPS) is 14.1. The summed E-state index contributed by atoms with van der Waals surface area (Å²) in [6, 6.07) is 35.1. The van der Waals surface area contributed by atoms with Crippen molar-refractivity contribution >= 4 is 45.2 Å². The second kappa shape index (κ2) is 15.3. The molecule has 5 aromatic carbocycles. The van der Waals surface area contributed by atoms with E-state index in [-0.39, 0.29) is 0 Å². The van der Waals surface area contributed by atoms with Crippen LogP contribution in [0.15, 0.2) is 97.1 Å². The van der Waals surface area contributed by atoms with Crippen LogP contribution in [-0.2, 0) is 12.8 Å². The lowest BCUT2D eigenvalue weighted by atomic mass is 9.90. The van der Waals surface area contributed by atoms with Gasteiger partial charge in [0.1, 0.15) is 22.1 Å². The molecule has 4 heterocycles. The number of hydrogen-bond donors (Lipinski definition) is 0. The standard InChI is InChI=1S/C47H48N6S/c1-3-5-13-27-53-29-15-21-35-31-37(23-25-39(35)53)41-45-44(48-42(32-16-9-7-10-17-32)43(49-45)33-18-11-8-12-19-33)40(46-47(41)51-54-50-46)36-22-24-38-34(30-36)20-14-28-52(38)26-6-4-2/h7-12,16-19,22-25,30-31H,3-6,13-15,20-21,26-29H2,1-2H3. The molecule has 272 valence electrons. The van der Waals surface area contributed by atoms with Crippen LogP contribution in [0.2, 0.25) is 0 Å². The molecule has 54 heavy (non-hydrogen) atoms. The molecular formula is C47H48N6S. The first-order chi connectivity index (χ1) is 26.7. The highest BCUT2D eigenvalue weighted by atomic mass is 32.1. The van der Waals surface area contributed by atoms with Crippen LogP contribution in [0.4, 0.5) is 11.4 Å². The Balaban J connectivity index is 1.31. The Morgan fingerprint density at radius 2 is 1.00 bits per heavy atom. The molecule has 0 saturated carbocycles. The summed E-state index contributed by atoms with van der Waals surface area (Å²) in [6.45, 7) is 9.02. The summed E-state index contributed by atoms with van der Waals surface area (Å²) in [5.74, 6) is 0. The number of benzene rings is 5. The van der Waals surface area contributed by atoms with Crippen molar-refractivity contribution in [3.05, 3.63) is 108 Å². The maximum absolute atomic E-state index is 5.68. The highest BCUT2D eigenvalue weighted by Gasteiger charge is 2.27. The highest BCUT2D eigenvalue weighted by molar-refractivity contribution is 7.00. The van der Waals surface area contributed by atoms with Crippen molar-refractivity contribution in [1.82, 2.24) is 18.7 Å². The van der Waals surface area contributed by atoms with E-state index in [0.29, 0.717) is 0 Å². The zero-order valence-corrected chi connectivity index (χ0v) is 32.3. The minimum atomic E-state index is 0.876. The van der Waals surface area contributed by atoms with Gasteiger partial charge in [-0.3, -0.25) is 0 Å². The quantitative estimate of drug-likeness (QED) is 0.124. The summed E-state index contributed by atoms with van der Waals surface area (Å²) < 4.78 is 10.1.